The van der Waals surface area contributed by atoms with E-state index in [2.05, 4.69) is 5.32 Å². The highest BCUT2D eigenvalue weighted by Crippen LogP contribution is 2.18. The van der Waals surface area contributed by atoms with Gasteiger partial charge in [0.05, 0.1) is 5.75 Å². The van der Waals surface area contributed by atoms with Crippen LogP contribution in [-0.4, -0.2) is 41.9 Å². The largest absolute Gasteiger partial charge is 0.380 e. The molecule has 110 valence electrons. The molecule has 2 rings (SSSR count). The number of carbonyl (C=O) groups excluding carboxylic acids is 1. The second-order valence-corrected chi connectivity index (χ2v) is 5.75. The van der Waals surface area contributed by atoms with Crippen LogP contribution in [0.2, 0.25) is 0 Å². The third-order valence-corrected chi connectivity index (χ3v) is 3.87. The number of likely N-dealkylation sites (tertiary alicyclic amines) is 1. The van der Waals surface area contributed by atoms with Gasteiger partial charge in [-0.1, -0.05) is 0 Å². The van der Waals surface area contributed by atoms with Crippen molar-refractivity contribution in [3.05, 3.63) is 29.8 Å². The van der Waals surface area contributed by atoms with Crippen LogP contribution in [0.3, 0.4) is 0 Å². The third kappa shape index (κ3) is 3.85. The molecule has 6 heteroatoms. The minimum atomic E-state index is -0.860. The van der Waals surface area contributed by atoms with Crippen molar-refractivity contribution >= 4 is 23.4 Å². The van der Waals surface area contributed by atoms with Crippen molar-refractivity contribution in [3.8, 4) is 0 Å². The number of piperidine rings is 1. The predicted octanol–water partition coefficient (Wildman–Crippen LogP) is 2.73. The van der Waals surface area contributed by atoms with Crippen molar-refractivity contribution in [2.24, 2.45) is 0 Å². The van der Waals surface area contributed by atoms with Gasteiger partial charge in [0, 0.05) is 30.9 Å². The van der Waals surface area contributed by atoms with E-state index in [0.29, 0.717) is 18.0 Å². The van der Waals surface area contributed by atoms with E-state index in [-0.39, 0.29) is 11.9 Å². The van der Waals surface area contributed by atoms with E-state index in [0.717, 1.165) is 31.5 Å². The van der Waals surface area contributed by atoms with E-state index in [4.69, 9.17) is 0 Å². The molecule has 1 aromatic carbocycles. The quantitative estimate of drug-likeness (QED) is 0.928. The Hall–Kier alpha value is -1.30. The van der Waals surface area contributed by atoms with Crippen molar-refractivity contribution in [1.29, 1.82) is 0 Å². The van der Waals surface area contributed by atoms with Crippen LogP contribution in [-0.2, 0) is 4.79 Å². The van der Waals surface area contributed by atoms with Crippen molar-refractivity contribution in [2.75, 3.05) is 30.4 Å². The molecule has 1 aliphatic heterocycles. The van der Waals surface area contributed by atoms with Gasteiger partial charge in [-0.15, -0.1) is 0 Å². The standard InChI is InChI=1S/C14H18F2N2OS/c1-20-9-14(19)18-6-2-3-11(8-18)17-10-4-5-12(15)13(16)7-10/h4-5,7,11,17H,2-3,6,8-9H2,1H3/t11-/m1/s1. The van der Waals surface area contributed by atoms with Crippen LogP contribution >= 0.6 is 11.8 Å². The topological polar surface area (TPSA) is 32.3 Å². The van der Waals surface area contributed by atoms with Crippen LogP contribution in [0.25, 0.3) is 0 Å². The fourth-order valence-electron chi connectivity index (χ4n) is 2.36. The maximum Gasteiger partial charge on any atom is 0.232 e. The number of carbonyl (C=O) groups is 1. The summed E-state index contributed by atoms with van der Waals surface area (Å²) in [7, 11) is 0. The van der Waals surface area contributed by atoms with E-state index in [1.54, 1.807) is 0 Å². The summed E-state index contributed by atoms with van der Waals surface area (Å²) >= 11 is 1.51. The molecule has 0 unspecified atom stereocenters. The van der Waals surface area contributed by atoms with Crippen LogP contribution in [0.4, 0.5) is 14.5 Å². The Bertz CT molecular complexity index is 484. The van der Waals surface area contributed by atoms with Crippen LogP contribution in [0.5, 0.6) is 0 Å². The van der Waals surface area contributed by atoms with Gasteiger partial charge in [-0.25, -0.2) is 8.78 Å². The fraction of sp³-hybridized carbons (Fsp3) is 0.500. The first kappa shape index (κ1) is 15.1. The van der Waals surface area contributed by atoms with Crippen molar-refractivity contribution in [1.82, 2.24) is 4.90 Å². The van der Waals surface area contributed by atoms with E-state index < -0.39 is 11.6 Å². The first-order chi connectivity index (χ1) is 9.60. The zero-order valence-electron chi connectivity index (χ0n) is 11.4. The molecule has 1 aromatic rings. The minimum Gasteiger partial charge on any atom is -0.380 e. The Kier molecular flexibility index (Phi) is 5.23. The van der Waals surface area contributed by atoms with Crippen LogP contribution in [0.15, 0.2) is 18.2 Å². The first-order valence-electron chi connectivity index (χ1n) is 6.58. The Morgan fingerprint density at radius 3 is 2.95 bits per heavy atom. The van der Waals surface area contributed by atoms with E-state index >= 15 is 0 Å². The molecule has 0 aliphatic carbocycles. The zero-order valence-corrected chi connectivity index (χ0v) is 12.2. The number of nitrogens with one attached hydrogen (secondary N) is 1. The highest BCUT2D eigenvalue weighted by molar-refractivity contribution is 7.99. The molecule has 3 nitrogen and oxygen atoms in total. The Labute approximate surface area is 121 Å². The molecule has 1 saturated heterocycles. The second kappa shape index (κ2) is 6.92. The van der Waals surface area contributed by atoms with Crippen molar-refractivity contribution < 1.29 is 13.6 Å². The maximum absolute atomic E-state index is 13.2. The molecular weight excluding hydrogens is 282 g/mol. The molecule has 1 N–H and O–H groups in total. The summed E-state index contributed by atoms with van der Waals surface area (Å²) in [4.78, 5) is 13.7. The molecule has 0 aromatic heterocycles. The summed E-state index contributed by atoms with van der Waals surface area (Å²) in [5.74, 6) is -1.09. The number of amides is 1. The second-order valence-electron chi connectivity index (χ2n) is 4.89. The lowest BCUT2D eigenvalue weighted by atomic mass is 10.1. The lowest BCUT2D eigenvalue weighted by Crippen LogP contribution is -2.45. The third-order valence-electron chi connectivity index (χ3n) is 3.33. The molecule has 0 bridgehead atoms. The first-order valence-corrected chi connectivity index (χ1v) is 7.98. The summed E-state index contributed by atoms with van der Waals surface area (Å²) in [5, 5.41) is 3.17. The molecule has 1 heterocycles. The molecule has 1 aliphatic rings. The van der Waals surface area contributed by atoms with E-state index in [1.807, 2.05) is 11.2 Å². The number of halogens is 2. The van der Waals surface area contributed by atoms with Crippen LogP contribution in [0, 0.1) is 11.6 Å². The molecule has 0 saturated carbocycles. The van der Waals surface area contributed by atoms with Gasteiger partial charge < -0.3 is 10.2 Å². The minimum absolute atomic E-state index is 0.0828. The summed E-state index contributed by atoms with van der Waals surface area (Å²) in [5.41, 5.74) is 0.549. The van der Waals surface area contributed by atoms with Gasteiger partial charge in [0.25, 0.3) is 0 Å². The number of rotatable bonds is 4. The lowest BCUT2D eigenvalue weighted by Gasteiger charge is -2.33. The summed E-state index contributed by atoms with van der Waals surface area (Å²) in [6.07, 6.45) is 3.74. The summed E-state index contributed by atoms with van der Waals surface area (Å²) < 4.78 is 26.0. The van der Waals surface area contributed by atoms with Crippen molar-refractivity contribution in [2.45, 2.75) is 18.9 Å². The molecule has 0 radical (unpaired) electrons. The maximum atomic E-state index is 13.2. The van der Waals surface area contributed by atoms with Gasteiger partial charge in [0.2, 0.25) is 5.91 Å². The molecule has 1 atom stereocenters. The van der Waals surface area contributed by atoms with Gasteiger partial charge in [-0.05, 0) is 31.2 Å². The SMILES string of the molecule is CSCC(=O)N1CCC[C@@H](Nc2ccc(F)c(F)c2)C1. The number of thioether (sulfide) groups is 1. The van der Waals surface area contributed by atoms with E-state index in [9.17, 15) is 13.6 Å². The van der Waals surface area contributed by atoms with Crippen molar-refractivity contribution in [3.63, 3.8) is 0 Å². The zero-order chi connectivity index (χ0) is 14.5. The fourth-order valence-corrected chi connectivity index (χ4v) is 2.79. The predicted molar refractivity (Wildman–Crippen MR) is 78.0 cm³/mol. The monoisotopic (exact) mass is 300 g/mol. The Balaban J connectivity index is 1.95. The summed E-state index contributed by atoms with van der Waals surface area (Å²) in [6, 6.07) is 3.86. The van der Waals surface area contributed by atoms with Gasteiger partial charge in [0.1, 0.15) is 0 Å². The van der Waals surface area contributed by atoms with Crippen LogP contribution < -0.4 is 5.32 Å². The number of nitrogens with zero attached hydrogens (tertiary/aromatic N) is 1. The van der Waals surface area contributed by atoms with E-state index in [1.165, 1.54) is 17.8 Å². The number of hydrogen-bond acceptors (Lipinski definition) is 3. The highest BCUT2D eigenvalue weighted by Gasteiger charge is 2.23. The molecule has 1 fully saturated rings. The van der Waals surface area contributed by atoms with Gasteiger partial charge >= 0.3 is 0 Å². The molecule has 1 amide bonds. The molecule has 0 spiro atoms. The number of hydrogen-bond donors (Lipinski definition) is 1. The van der Waals surface area contributed by atoms with Gasteiger partial charge in [0.15, 0.2) is 11.6 Å². The smallest absolute Gasteiger partial charge is 0.232 e. The average molecular weight is 300 g/mol. The Morgan fingerprint density at radius 2 is 2.25 bits per heavy atom. The summed E-state index contributed by atoms with van der Waals surface area (Å²) in [6.45, 7) is 1.38. The van der Waals surface area contributed by atoms with Gasteiger partial charge in [-0.3, -0.25) is 4.79 Å². The number of benzene rings is 1. The lowest BCUT2D eigenvalue weighted by molar-refractivity contribution is -0.129. The number of anilines is 1. The normalized spacial score (nSPS) is 18.9. The average Bonchev–Trinajstić information content (AvgIpc) is 2.43. The van der Waals surface area contributed by atoms with Crippen LogP contribution in [0.1, 0.15) is 12.8 Å². The highest BCUT2D eigenvalue weighted by atomic mass is 32.2. The molecular formula is C14H18F2N2OS. The molecule has 20 heavy (non-hydrogen) atoms. The van der Waals surface area contributed by atoms with Gasteiger partial charge in [-0.2, -0.15) is 11.8 Å². The Morgan fingerprint density at radius 1 is 1.45 bits per heavy atom.